The molecule has 0 saturated heterocycles. The van der Waals surface area contributed by atoms with Crippen LogP contribution in [-0.4, -0.2) is 21.8 Å². The summed E-state index contributed by atoms with van der Waals surface area (Å²) in [5.74, 6) is 0.284. The van der Waals surface area contributed by atoms with E-state index in [4.69, 9.17) is 4.99 Å². The van der Waals surface area contributed by atoms with Crippen molar-refractivity contribution >= 4 is 28.5 Å². The lowest BCUT2D eigenvalue weighted by Crippen LogP contribution is -2.50. The Balaban J connectivity index is 1.90. The highest BCUT2D eigenvalue weighted by atomic mass is 32.2. The largest absolute Gasteiger partial charge is 0.298 e. The molecule has 0 unspecified atom stereocenters. The summed E-state index contributed by atoms with van der Waals surface area (Å²) >= 11 is 1.49. The number of amides is 1. The Bertz CT molecular complexity index is 1020. The molecule has 0 spiro atoms. The average Bonchev–Trinajstić information content (AvgIpc) is 2.65. The summed E-state index contributed by atoms with van der Waals surface area (Å²) < 4.78 is 13.8. The lowest BCUT2D eigenvalue weighted by molar-refractivity contribution is -0.116. The van der Waals surface area contributed by atoms with Crippen LogP contribution < -0.4 is 15.9 Å². The summed E-state index contributed by atoms with van der Waals surface area (Å²) in [6.45, 7) is 2.07. The summed E-state index contributed by atoms with van der Waals surface area (Å²) in [7, 11) is 0. The number of benzene rings is 2. The lowest BCUT2D eigenvalue weighted by atomic mass is 10.1. The number of amidine groups is 1. The second kappa shape index (κ2) is 6.92. The lowest BCUT2D eigenvalue weighted by Gasteiger charge is -2.34. The van der Waals surface area contributed by atoms with Gasteiger partial charge in [-0.2, -0.15) is 0 Å². The second-order valence-corrected chi connectivity index (χ2v) is 7.06. The molecule has 1 N–H and O–H groups in total. The molecule has 2 aliphatic rings. The quantitative estimate of drug-likeness (QED) is 0.903. The van der Waals surface area contributed by atoms with E-state index < -0.39 is 6.17 Å². The highest BCUT2D eigenvalue weighted by molar-refractivity contribution is 8.13. The van der Waals surface area contributed by atoms with Crippen LogP contribution in [0, 0.1) is 5.82 Å². The van der Waals surface area contributed by atoms with Crippen molar-refractivity contribution in [3.8, 4) is 0 Å². The molecule has 5 nitrogen and oxygen atoms in total. The van der Waals surface area contributed by atoms with Crippen LogP contribution in [0.2, 0.25) is 0 Å². The van der Waals surface area contributed by atoms with Crippen molar-refractivity contribution in [1.29, 1.82) is 0 Å². The van der Waals surface area contributed by atoms with Crippen molar-refractivity contribution in [2.45, 2.75) is 19.5 Å². The molecule has 0 bridgehead atoms. The van der Waals surface area contributed by atoms with Crippen molar-refractivity contribution in [1.82, 2.24) is 10.3 Å². The molecule has 132 valence electrons. The van der Waals surface area contributed by atoms with Gasteiger partial charge in [0, 0.05) is 16.5 Å². The van der Waals surface area contributed by atoms with Crippen LogP contribution in [-0.2, 0) is 4.79 Å². The number of thioether (sulfide) groups is 1. The molecule has 7 heteroatoms. The van der Waals surface area contributed by atoms with Crippen LogP contribution >= 0.6 is 11.8 Å². The number of carbonyl (C=O) groups excluding carboxylic acids is 1. The molecule has 0 aromatic heterocycles. The van der Waals surface area contributed by atoms with Crippen molar-refractivity contribution in [2.24, 2.45) is 10.1 Å². The Morgan fingerprint density at radius 1 is 1.23 bits per heavy atom. The van der Waals surface area contributed by atoms with Gasteiger partial charge in [-0.3, -0.25) is 15.1 Å². The molecule has 4 rings (SSSR count). The number of hydrazone groups is 1. The molecule has 2 aromatic carbocycles. The standard InChI is InChI=1S/C19H17FN4OS/c1-2-10-26-19-22-18(25)16-14-8-3-4-9-15(14)21-17(24(16)23-19)12-6-5-7-13(20)11-12/h3-9,11,17H,2,10H2,1H3,(H,22,23,25)/t17-/m1/s1. The van der Waals surface area contributed by atoms with Crippen LogP contribution in [0.1, 0.15) is 25.1 Å². The molecule has 1 atom stereocenters. The predicted molar refractivity (Wildman–Crippen MR) is 99.9 cm³/mol. The number of hydrogen-bond donors (Lipinski definition) is 1. The Morgan fingerprint density at radius 2 is 2.08 bits per heavy atom. The number of halogens is 1. The van der Waals surface area contributed by atoms with Crippen molar-refractivity contribution in [3.05, 3.63) is 70.5 Å². The molecule has 0 saturated carbocycles. The maximum Gasteiger partial charge on any atom is 0.276 e. The molecule has 26 heavy (non-hydrogen) atoms. The predicted octanol–water partition coefficient (Wildman–Crippen LogP) is 2.11. The first kappa shape index (κ1) is 16.8. The zero-order valence-corrected chi connectivity index (χ0v) is 15.0. The van der Waals surface area contributed by atoms with E-state index >= 15 is 0 Å². The Kier molecular flexibility index (Phi) is 4.46. The molecule has 2 aromatic rings. The smallest absolute Gasteiger partial charge is 0.276 e. The summed E-state index contributed by atoms with van der Waals surface area (Å²) in [6, 6.07) is 13.7. The van der Waals surface area contributed by atoms with Crippen LogP contribution in [0.25, 0.3) is 5.70 Å². The fraction of sp³-hybridized carbons (Fsp3) is 0.211. The molecule has 0 radical (unpaired) electrons. The minimum absolute atomic E-state index is 0.220. The Morgan fingerprint density at radius 3 is 2.88 bits per heavy atom. The Hall–Kier alpha value is -2.67. The maximum atomic E-state index is 13.8. The van der Waals surface area contributed by atoms with E-state index in [-0.39, 0.29) is 11.7 Å². The topological polar surface area (TPSA) is 57.1 Å². The van der Waals surface area contributed by atoms with Gasteiger partial charge in [0.05, 0.1) is 5.36 Å². The summed E-state index contributed by atoms with van der Waals surface area (Å²) in [5.41, 5.74) is 1.08. The molecule has 2 aliphatic heterocycles. The zero-order chi connectivity index (χ0) is 18.1. The van der Waals surface area contributed by atoms with E-state index in [1.807, 2.05) is 24.3 Å². The van der Waals surface area contributed by atoms with Crippen molar-refractivity contribution in [3.63, 3.8) is 0 Å². The average molecular weight is 368 g/mol. The first-order valence-electron chi connectivity index (χ1n) is 8.42. The highest BCUT2D eigenvalue weighted by Gasteiger charge is 2.34. The van der Waals surface area contributed by atoms with E-state index in [2.05, 4.69) is 17.3 Å². The molecule has 0 aliphatic carbocycles. The third-order valence-electron chi connectivity index (χ3n) is 4.11. The minimum Gasteiger partial charge on any atom is -0.298 e. The van der Waals surface area contributed by atoms with E-state index in [1.54, 1.807) is 17.1 Å². The van der Waals surface area contributed by atoms with Crippen molar-refractivity contribution < 1.29 is 9.18 Å². The SMILES string of the molecule is CCCSC1=NN2C(=c3ccccc3=N[C@H]2c2cccc(F)c2)C(=O)N1. The van der Waals surface area contributed by atoms with Crippen LogP contribution in [0.3, 0.4) is 0 Å². The summed E-state index contributed by atoms with van der Waals surface area (Å²) in [5, 5.41) is 11.0. The fourth-order valence-corrected chi connectivity index (χ4v) is 3.68. The van der Waals surface area contributed by atoms with Gasteiger partial charge in [0.2, 0.25) is 0 Å². The fourth-order valence-electron chi connectivity index (χ4n) is 2.98. The van der Waals surface area contributed by atoms with E-state index in [9.17, 15) is 9.18 Å². The van der Waals surface area contributed by atoms with E-state index in [0.717, 1.165) is 17.4 Å². The van der Waals surface area contributed by atoms with E-state index in [1.165, 1.54) is 23.9 Å². The summed E-state index contributed by atoms with van der Waals surface area (Å²) in [4.78, 5) is 17.5. The van der Waals surface area contributed by atoms with Gasteiger partial charge in [-0.15, -0.1) is 5.10 Å². The van der Waals surface area contributed by atoms with Gasteiger partial charge < -0.3 is 0 Å². The van der Waals surface area contributed by atoms with Gasteiger partial charge in [0.25, 0.3) is 5.91 Å². The number of para-hydroxylation sites is 1. The minimum atomic E-state index is -0.584. The third kappa shape index (κ3) is 2.99. The van der Waals surface area contributed by atoms with Gasteiger partial charge in [0.1, 0.15) is 11.5 Å². The van der Waals surface area contributed by atoms with Crippen LogP contribution in [0.4, 0.5) is 4.39 Å². The number of fused-ring (bicyclic) bond motifs is 2. The number of hydrogen-bond acceptors (Lipinski definition) is 5. The molecule has 1 amide bonds. The first-order valence-corrected chi connectivity index (χ1v) is 9.40. The van der Waals surface area contributed by atoms with Gasteiger partial charge in [-0.05, 0) is 24.6 Å². The highest BCUT2D eigenvalue weighted by Crippen LogP contribution is 2.30. The zero-order valence-electron chi connectivity index (χ0n) is 14.1. The number of rotatable bonds is 3. The second-order valence-electron chi connectivity index (χ2n) is 5.98. The monoisotopic (exact) mass is 368 g/mol. The van der Waals surface area contributed by atoms with E-state index in [0.29, 0.717) is 21.8 Å². The maximum absolute atomic E-state index is 13.8. The normalized spacial score (nSPS) is 18.5. The van der Waals surface area contributed by atoms with Crippen molar-refractivity contribution in [2.75, 3.05) is 5.75 Å². The molecular formula is C19H17FN4OS. The Labute approximate surface area is 154 Å². The van der Waals surface area contributed by atoms with Gasteiger partial charge in [0.15, 0.2) is 11.3 Å². The van der Waals surface area contributed by atoms with Crippen LogP contribution in [0.15, 0.2) is 58.6 Å². The molecular weight excluding hydrogens is 351 g/mol. The van der Waals surface area contributed by atoms with Gasteiger partial charge in [-0.1, -0.05) is 49.0 Å². The third-order valence-corrected chi connectivity index (χ3v) is 5.17. The summed E-state index contributed by atoms with van der Waals surface area (Å²) in [6.07, 6.45) is 0.385. The number of carbonyl (C=O) groups is 1. The number of nitrogens with one attached hydrogen (secondary N) is 1. The van der Waals surface area contributed by atoms with Gasteiger partial charge >= 0.3 is 0 Å². The van der Waals surface area contributed by atoms with Gasteiger partial charge in [-0.25, -0.2) is 9.40 Å². The first-order chi connectivity index (χ1) is 12.7. The molecule has 0 fully saturated rings. The molecule has 2 heterocycles. The number of nitrogens with zero attached hydrogens (tertiary/aromatic N) is 3. The van der Waals surface area contributed by atoms with Crippen LogP contribution in [0.5, 0.6) is 0 Å².